The van der Waals surface area contributed by atoms with Gasteiger partial charge in [0.2, 0.25) is 0 Å². The average Bonchev–Trinajstić information content (AvgIpc) is 3.11. The van der Waals surface area contributed by atoms with Gasteiger partial charge in [0.1, 0.15) is 5.82 Å². The molecular formula is C24H37N5O2S. The number of hydrogen-bond donors (Lipinski definition) is 1. The fourth-order valence-electron chi connectivity index (χ4n) is 4.19. The zero-order valence-electron chi connectivity index (χ0n) is 20.0. The molecule has 0 bridgehead atoms. The number of amides is 1. The van der Waals surface area contributed by atoms with E-state index in [0.717, 1.165) is 50.0 Å². The molecule has 1 fully saturated rings. The highest BCUT2D eigenvalue weighted by molar-refractivity contribution is 7.98. The van der Waals surface area contributed by atoms with Crippen molar-refractivity contribution >= 4 is 17.7 Å². The number of benzene rings is 1. The van der Waals surface area contributed by atoms with Gasteiger partial charge in [-0.05, 0) is 50.1 Å². The zero-order valence-corrected chi connectivity index (χ0v) is 20.8. The highest BCUT2D eigenvalue weighted by atomic mass is 32.2. The Bertz CT molecular complexity index is 858. The first-order valence-corrected chi connectivity index (χ1v) is 12.8. The molecule has 2 aromatic rings. The fourth-order valence-corrected chi connectivity index (χ4v) is 4.71. The number of nitrogens with one attached hydrogen (secondary N) is 1. The lowest BCUT2D eigenvalue weighted by Gasteiger charge is -2.35. The minimum Gasteiger partial charge on any atom is -0.373 e. The molecule has 176 valence electrons. The highest BCUT2D eigenvalue weighted by Crippen LogP contribution is 2.17. The Kier molecular flexibility index (Phi) is 9.13. The highest BCUT2D eigenvalue weighted by Gasteiger charge is 2.22. The Morgan fingerprint density at radius 2 is 1.88 bits per heavy atom. The molecule has 0 spiro atoms. The maximum atomic E-state index is 12.5. The number of morpholine rings is 1. The summed E-state index contributed by atoms with van der Waals surface area (Å²) in [4.78, 5) is 14.9. The minimum absolute atomic E-state index is 0.0291. The number of aryl methyl sites for hydroxylation is 1. The Morgan fingerprint density at radius 1 is 1.19 bits per heavy atom. The van der Waals surface area contributed by atoms with Gasteiger partial charge in [0.05, 0.1) is 12.2 Å². The molecule has 3 rings (SSSR count). The van der Waals surface area contributed by atoms with Crippen molar-refractivity contribution < 1.29 is 9.53 Å². The van der Waals surface area contributed by atoms with Crippen LogP contribution in [-0.4, -0.2) is 63.7 Å². The molecule has 1 N–H and O–H groups in total. The van der Waals surface area contributed by atoms with Gasteiger partial charge >= 0.3 is 0 Å². The molecule has 32 heavy (non-hydrogen) atoms. The molecule has 2 heterocycles. The van der Waals surface area contributed by atoms with Crippen molar-refractivity contribution in [3.8, 4) is 0 Å². The second kappa shape index (κ2) is 11.8. The summed E-state index contributed by atoms with van der Waals surface area (Å²) in [5.41, 5.74) is 1.92. The largest absolute Gasteiger partial charge is 0.373 e. The predicted molar refractivity (Wildman–Crippen MR) is 129 cm³/mol. The maximum absolute atomic E-state index is 12.5. The Labute approximate surface area is 196 Å². The van der Waals surface area contributed by atoms with Gasteiger partial charge in [-0.1, -0.05) is 37.7 Å². The predicted octanol–water partition coefficient (Wildman–Crippen LogP) is 3.63. The van der Waals surface area contributed by atoms with Crippen molar-refractivity contribution in [1.29, 1.82) is 0 Å². The molecule has 0 saturated carbocycles. The second-order valence-corrected chi connectivity index (χ2v) is 9.89. The van der Waals surface area contributed by atoms with Crippen LogP contribution in [0.3, 0.4) is 0 Å². The quantitative estimate of drug-likeness (QED) is 0.432. The zero-order chi connectivity index (χ0) is 23.1. The van der Waals surface area contributed by atoms with Crippen molar-refractivity contribution in [3.63, 3.8) is 0 Å². The van der Waals surface area contributed by atoms with Gasteiger partial charge in [0, 0.05) is 44.7 Å². The minimum atomic E-state index is -0.0291. The van der Waals surface area contributed by atoms with Gasteiger partial charge in [0.25, 0.3) is 5.91 Å². The fraction of sp³-hybridized carbons (Fsp3) is 0.625. The first kappa shape index (κ1) is 24.7. The number of nitrogens with zero attached hydrogens (tertiary/aromatic N) is 4. The normalized spacial score (nSPS) is 19.4. The van der Waals surface area contributed by atoms with Crippen molar-refractivity contribution in [2.75, 3.05) is 25.9 Å². The number of carbonyl (C=O) groups excluding carboxylic acids is 1. The van der Waals surface area contributed by atoms with Crippen LogP contribution in [0.1, 0.15) is 55.9 Å². The number of rotatable bonds is 10. The number of hydrogen-bond acceptors (Lipinski definition) is 6. The van der Waals surface area contributed by atoms with E-state index >= 15 is 0 Å². The van der Waals surface area contributed by atoms with Crippen LogP contribution in [0.4, 0.5) is 0 Å². The summed E-state index contributed by atoms with van der Waals surface area (Å²) in [5.74, 6) is 1.50. The second-order valence-electron chi connectivity index (χ2n) is 9.12. The van der Waals surface area contributed by atoms with Gasteiger partial charge < -0.3 is 14.6 Å². The lowest BCUT2D eigenvalue weighted by Crippen LogP contribution is -2.44. The van der Waals surface area contributed by atoms with Crippen LogP contribution in [-0.2, 0) is 24.2 Å². The van der Waals surface area contributed by atoms with Crippen LogP contribution in [0.15, 0.2) is 29.4 Å². The first-order chi connectivity index (χ1) is 15.4. The van der Waals surface area contributed by atoms with Gasteiger partial charge in [-0.3, -0.25) is 9.69 Å². The van der Waals surface area contributed by atoms with E-state index in [1.807, 2.05) is 18.4 Å². The van der Waals surface area contributed by atoms with Crippen LogP contribution in [0.2, 0.25) is 0 Å². The number of thioether (sulfide) groups is 1. The van der Waals surface area contributed by atoms with E-state index in [2.05, 4.69) is 64.8 Å². The van der Waals surface area contributed by atoms with Gasteiger partial charge in [-0.25, -0.2) is 0 Å². The molecule has 0 aliphatic carbocycles. The summed E-state index contributed by atoms with van der Waals surface area (Å²) in [7, 11) is 0. The summed E-state index contributed by atoms with van der Waals surface area (Å²) < 4.78 is 8.01. The summed E-state index contributed by atoms with van der Waals surface area (Å²) >= 11 is 1.62. The number of aromatic nitrogens is 3. The lowest BCUT2D eigenvalue weighted by atomic mass is 10.1. The van der Waals surface area contributed by atoms with E-state index in [1.165, 1.54) is 5.56 Å². The Hall–Kier alpha value is -1.90. The molecule has 7 nitrogen and oxygen atoms in total. The summed E-state index contributed by atoms with van der Waals surface area (Å²) in [6, 6.07) is 7.94. The van der Waals surface area contributed by atoms with Gasteiger partial charge in [-0.2, -0.15) is 0 Å². The molecule has 1 aromatic carbocycles. The molecule has 1 aliphatic heterocycles. The standard InChI is InChI=1S/C24H37N5O2S/c1-17(2)13-29-22(26-27-24(29)32-5)7-6-12-25-23(30)21-10-8-20(9-11-21)16-28-14-18(3)31-19(4)15-28/h8-11,17-19H,6-7,12-16H2,1-5H3,(H,25,30). The SMILES string of the molecule is CSc1nnc(CCCNC(=O)c2ccc(CN3CC(C)OC(C)C3)cc2)n1CC(C)C. The first-order valence-electron chi connectivity index (χ1n) is 11.6. The number of carbonyl (C=O) groups is 1. The third-order valence-electron chi connectivity index (χ3n) is 5.50. The Morgan fingerprint density at radius 3 is 2.50 bits per heavy atom. The molecule has 1 aliphatic rings. The summed E-state index contributed by atoms with van der Waals surface area (Å²) in [6.45, 7) is 12.9. The van der Waals surface area contributed by atoms with Crippen molar-refractivity contribution in [2.24, 2.45) is 5.92 Å². The molecule has 8 heteroatoms. The van der Waals surface area contributed by atoms with Crippen molar-refractivity contribution in [1.82, 2.24) is 25.0 Å². The third-order valence-corrected chi connectivity index (χ3v) is 6.17. The van der Waals surface area contributed by atoms with E-state index in [0.29, 0.717) is 18.0 Å². The Balaban J connectivity index is 1.45. The van der Waals surface area contributed by atoms with E-state index in [4.69, 9.17) is 4.74 Å². The van der Waals surface area contributed by atoms with E-state index in [9.17, 15) is 4.79 Å². The van der Waals surface area contributed by atoms with Crippen LogP contribution in [0.25, 0.3) is 0 Å². The molecule has 2 unspecified atom stereocenters. The molecule has 0 radical (unpaired) electrons. The van der Waals surface area contributed by atoms with Crippen LogP contribution < -0.4 is 5.32 Å². The van der Waals surface area contributed by atoms with E-state index in [1.54, 1.807) is 11.8 Å². The molecular weight excluding hydrogens is 422 g/mol. The average molecular weight is 460 g/mol. The van der Waals surface area contributed by atoms with Crippen LogP contribution in [0.5, 0.6) is 0 Å². The van der Waals surface area contributed by atoms with Crippen LogP contribution in [0, 0.1) is 5.92 Å². The topological polar surface area (TPSA) is 72.3 Å². The maximum Gasteiger partial charge on any atom is 0.251 e. The number of ether oxygens (including phenoxy) is 1. The van der Waals surface area contributed by atoms with Crippen molar-refractivity contribution in [3.05, 3.63) is 41.2 Å². The molecule has 1 saturated heterocycles. The van der Waals surface area contributed by atoms with Crippen molar-refractivity contribution in [2.45, 2.75) is 71.0 Å². The van der Waals surface area contributed by atoms with Crippen LogP contribution >= 0.6 is 11.8 Å². The summed E-state index contributed by atoms with van der Waals surface area (Å²) in [5, 5.41) is 12.6. The summed E-state index contributed by atoms with van der Waals surface area (Å²) in [6.07, 6.45) is 4.18. The van der Waals surface area contributed by atoms with Gasteiger partial charge in [0.15, 0.2) is 5.16 Å². The molecule has 1 amide bonds. The molecule has 1 aromatic heterocycles. The molecule has 2 atom stereocenters. The lowest BCUT2D eigenvalue weighted by molar-refractivity contribution is -0.0704. The monoisotopic (exact) mass is 459 g/mol. The van der Waals surface area contributed by atoms with E-state index in [-0.39, 0.29) is 18.1 Å². The van der Waals surface area contributed by atoms with E-state index < -0.39 is 0 Å². The smallest absolute Gasteiger partial charge is 0.251 e. The van der Waals surface area contributed by atoms with Gasteiger partial charge in [-0.15, -0.1) is 10.2 Å². The third kappa shape index (κ3) is 7.05.